The highest BCUT2D eigenvalue weighted by Crippen LogP contribution is 2.24. The highest BCUT2D eigenvalue weighted by atomic mass is 35.5. The molecule has 1 atom stereocenters. The highest BCUT2D eigenvalue weighted by molar-refractivity contribution is 6.30. The van der Waals surface area contributed by atoms with Gasteiger partial charge in [-0.1, -0.05) is 29.8 Å². The van der Waals surface area contributed by atoms with Crippen molar-refractivity contribution in [3.05, 3.63) is 40.4 Å². The van der Waals surface area contributed by atoms with Crippen LogP contribution in [0.5, 0.6) is 0 Å². The summed E-state index contributed by atoms with van der Waals surface area (Å²) in [6, 6.07) is 6.17. The van der Waals surface area contributed by atoms with Crippen molar-refractivity contribution in [2.45, 2.75) is 12.8 Å². The van der Waals surface area contributed by atoms with Crippen LogP contribution in [0.25, 0.3) is 6.08 Å². The first-order valence-corrected chi connectivity index (χ1v) is 5.78. The summed E-state index contributed by atoms with van der Waals surface area (Å²) in [4.78, 5) is 0. The third-order valence-corrected chi connectivity index (χ3v) is 3.14. The van der Waals surface area contributed by atoms with Gasteiger partial charge in [-0.2, -0.15) is 0 Å². The lowest BCUT2D eigenvalue weighted by molar-refractivity contribution is 0.559. The third kappa shape index (κ3) is 3.24. The van der Waals surface area contributed by atoms with Crippen molar-refractivity contribution in [2.24, 2.45) is 5.92 Å². The lowest BCUT2D eigenvalue weighted by Crippen LogP contribution is -2.17. The van der Waals surface area contributed by atoms with Gasteiger partial charge < -0.3 is 5.32 Å². The maximum atomic E-state index is 5.98. The third-order valence-electron chi connectivity index (χ3n) is 2.91. The van der Waals surface area contributed by atoms with Gasteiger partial charge in [0.05, 0.1) is 0 Å². The summed E-state index contributed by atoms with van der Waals surface area (Å²) in [5.74, 6) is 0.640. The first kappa shape index (κ1) is 13.6. The molecule has 0 aromatic heterocycles. The first-order valence-electron chi connectivity index (χ1n) is 5.41. The highest BCUT2D eigenvalue weighted by Gasteiger charge is 2.10. The van der Waals surface area contributed by atoms with Crippen LogP contribution in [0, 0.1) is 5.92 Å². The van der Waals surface area contributed by atoms with E-state index in [0.29, 0.717) is 5.92 Å². The number of hydrogen-bond donors (Lipinski definition) is 1. The summed E-state index contributed by atoms with van der Waals surface area (Å²) in [6.07, 6.45) is 6.85. The molecule has 0 heterocycles. The molecule has 16 heavy (non-hydrogen) atoms. The molecule has 0 aliphatic heterocycles. The van der Waals surface area contributed by atoms with E-state index in [1.54, 1.807) is 0 Å². The van der Waals surface area contributed by atoms with Gasteiger partial charge in [0, 0.05) is 11.6 Å². The normalized spacial score (nSPS) is 18.5. The molecular weight excluding hydrogens is 241 g/mol. The topological polar surface area (TPSA) is 12.0 Å². The van der Waals surface area contributed by atoms with Crippen LogP contribution in [0.3, 0.4) is 0 Å². The standard InChI is InChI=1S/C13H16ClN.ClH/c1-15-9-10-2-4-11-6-7-13(14)8-12(11)5-3-10;/h3,5-8,10,15H,2,4,9H2,1H3;1H. The van der Waals surface area contributed by atoms with E-state index in [-0.39, 0.29) is 12.4 Å². The van der Waals surface area contributed by atoms with Crippen LogP contribution in [0.15, 0.2) is 24.3 Å². The average molecular weight is 258 g/mol. The molecule has 88 valence electrons. The first-order chi connectivity index (χ1) is 7.29. The molecule has 0 saturated carbocycles. The van der Waals surface area contributed by atoms with E-state index in [1.165, 1.54) is 17.5 Å². The zero-order valence-corrected chi connectivity index (χ0v) is 10.9. The summed E-state index contributed by atoms with van der Waals surface area (Å²) in [5.41, 5.74) is 2.69. The molecule has 0 amide bonds. The Hall–Kier alpha value is -0.500. The molecule has 2 rings (SSSR count). The summed E-state index contributed by atoms with van der Waals surface area (Å²) in [7, 11) is 2.00. The van der Waals surface area contributed by atoms with Crippen molar-refractivity contribution in [3.63, 3.8) is 0 Å². The number of benzene rings is 1. The Balaban J connectivity index is 0.00000128. The maximum Gasteiger partial charge on any atom is 0.0412 e. The molecule has 1 aliphatic carbocycles. The van der Waals surface area contributed by atoms with E-state index in [4.69, 9.17) is 11.6 Å². The van der Waals surface area contributed by atoms with Gasteiger partial charge >= 0.3 is 0 Å². The van der Waals surface area contributed by atoms with Crippen molar-refractivity contribution < 1.29 is 0 Å². The van der Waals surface area contributed by atoms with E-state index in [1.807, 2.05) is 13.1 Å². The van der Waals surface area contributed by atoms with E-state index in [2.05, 4.69) is 29.6 Å². The van der Waals surface area contributed by atoms with Gasteiger partial charge in [-0.3, -0.25) is 0 Å². The second kappa shape index (κ2) is 6.29. The van der Waals surface area contributed by atoms with Crippen molar-refractivity contribution in [3.8, 4) is 0 Å². The zero-order chi connectivity index (χ0) is 10.7. The second-order valence-electron chi connectivity index (χ2n) is 4.06. The van der Waals surface area contributed by atoms with Gasteiger partial charge in [0.1, 0.15) is 0 Å². The van der Waals surface area contributed by atoms with Crippen molar-refractivity contribution in [2.75, 3.05) is 13.6 Å². The van der Waals surface area contributed by atoms with Gasteiger partial charge in [0.15, 0.2) is 0 Å². The fourth-order valence-electron chi connectivity index (χ4n) is 2.06. The quantitative estimate of drug-likeness (QED) is 0.855. The Kier molecular flexibility index (Phi) is 5.33. The Morgan fingerprint density at radius 2 is 2.25 bits per heavy atom. The summed E-state index contributed by atoms with van der Waals surface area (Å²) < 4.78 is 0. The van der Waals surface area contributed by atoms with Crippen LogP contribution in [0.2, 0.25) is 5.02 Å². The van der Waals surface area contributed by atoms with Crippen LogP contribution >= 0.6 is 24.0 Å². The molecule has 0 radical (unpaired) electrons. The Morgan fingerprint density at radius 3 is 3.00 bits per heavy atom. The molecule has 1 N–H and O–H groups in total. The summed E-state index contributed by atoms with van der Waals surface area (Å²) in [5, 5.41) is 4.05. The fourth-order valence-corrected chi connectivity index (χ4v) is 2.24. The Labute approximate surface area is 108 Å². The number of fused-ring (bicyclic) bond motifs is 1. The lowest BCUT2D eigenvalue weighted by Gasteiger charge is -2.09. The second-order valence-corrected chi connectivity index (χ2v) is 4.50. The van der Waals surface area contributed by atoms with E-state index in [0.717, 1.165) is 18.0 Å². The molecule has 0 saturated heterocycles. The largest absolute Gasteiger partial charge is 0.319 e. The predicted octanol–water partition coefficient (Wildman–Crippen LogP) is 3.56. The molecule has 1 nitrogen and oxygen atoms in total. The SMILES string of the molecule is CNCC1C=Cc2cc(Cl)ccc2CC1.Cl. The van der Waals surface area contributed by atoms with Crippen LogP contribution in [-0.2, 0) is 6.42 Å². The summed E-state index contributed by atoms with van der Waals surface area (Å²) in [6.45, 7) is 1.05. The zero-order valence-electron chi connectivity index (χ0n) is 9.37. The number of aryl methyl sites for hydroxylation is 1. The molecule has 1 aliphatic rings. The number of nitrogens with one attached hydrogen (secondary N) is 1. The van der Waals surface area contributed by atoms with Crippen LogP contribution in [-0.4, -0.2) is 13.6 Å². The molecule has 1 unspecified atom stereocenters. The average Bonchev–Trinajstić information content (AvgIpc) is 2.42. The van der Waals surface area contributed by atoms with Crippen molar-refractivity contribution >= 4 is 30.1 Å². The molecule has 1 aromatic rings. The van der Waals surface area contributed by atoms with Crippen LogP contribution in [0.1, 0.15) is 17.5 Å². The van der Waals surface area contributed by atoms with E-state index >= 15 is 0 Å². The van der Waals surface area contributed by atoms with E-state index < -0.39 is 0 Å². The fraction of sp³-hybridized carbons (Fsp3) is 0.385. The van der Waals surface area contributed by atoms with Gasteiger partial charge in [-0.15, -0.1) is 12.4 Å². The van der Waals surface area contributed by atoms with Gasteiger partial charge in [-0.25, -0.2) is 0 Å². The van der Waals surface area contributed by atoms with Crippen LogP contribution < -0.4 is 5.32 Å². The van der Waals surface area contributed by atoms with Gasteiger partial charge in [-0.05, 0) is 49.1 Å². The predicted molar refractivity (Wildman–Crippen MR) is 73.5 cm³/mol. The van der Waals surface area contributed by atoms with Gasteiger partial charge in [0.2, 0.25) is 0 Å². The van der Waals surface area contributed by atoms with E-state index in [9.17, 15) is 0 Å². The minimum Gasteiger partial charge on any atom is -0.319 e. The molecule has 0 fully saturated rings. The Bertz CT molecular complexity index is 374. The molecule has 0 spiro atoms. The van der Waals surface area contributed by atoms with Crippen molar-refractivity contribution in [1.29, 1.82) is 0 Å². The molecule has 3 heteroatoms. The van der Waals surface area contributed by atoms with Gasteiger partial charge in [0.25, 0.3) is 0 Å². The molecule has 0 bridgehead atoms. The Morgan fingerprint density at radius 1 is 1.44 bits per heavy atom. The number of hydrogen-bond acceptors (Lipinski definition) is 1. The number of halogens is 2. The molecular formula is C13H17Cl2N. The maximum absolute atomic E-state index is 5.98. The molecule has 1 aromatic carbocycles. The minimum atomic E-state index is 0. The van der Waals surface area contributed by atoms with Crippen LogP contribution in [0.4, 0.5) is 0 Å². The minimum absolute atomic E-state index is 0. The smallest absolute Gasteiger partial charge is 0.0412 e. The van der Waals surface area contributed by atoms with Crippen molar-refractivity contribution in [1.82, 2.24) is 5.32 Å². The lowest BCUT2D eigenvalue weighted by atomic mass is 10.0. The monoisotopic (exact) mass is 257 g/mol. The summed E-state index contributed by atoms with van der Waals surface area (Å²) >= 11 is 5.98. The number of rotatable bonds is 2.